The molecule has 1 N–H and O–H groups in total. The first-order chi connectivity index (χ1) is 13.8. The molecule has 152 valence electrons. The number of rotatable bonds is 4. The summed E-state index contributed by atoms with van der Waals surface area (Å²) in [6.07, 6.45) is 4.57. The fraction of sp³-hybridized carbons (Fsp3) is 0.375. The molecule has 2 aromatic rings. The van der Waals surface area contributed by atoms with Crippen LogP contribution in [0.2, 0.25) is 0 Å². The van der Waals surface area contributed by atoms with E-state index in [-0.39, 0.29) is 23.4 Å². The Balaban J connectivity index is 1.45. The quantitative estimate of drug-likeness (QED) is 0.851. The van der Waals surface area contributed by atoms with Crippen molar-refractivity contribution in [2.24, 2.45) is 0 Å². The Kier molecular flexibility index (Phi) is 5.09. The fourth-order valence-corrected chi connectivity index (χ4v) is 3.95. The number of fused-ring (bicyclic) bond motifs is 1. The predicted octanol–water partition coefficient (Wildman–Crippen LogP) is 4.13. The molecule has 2 atom stereocenters. The highest BCUT2D eigenvalue weighted by atomic mass is 16.5. The SMILES string of the molecule is COc1cccc(C2CC3C(=O)N(Cc4ccc(C(C)(C)C)cc4)C=CN3N2)c1. The number of carbonyl (C=O) groups is 1. The van der Waals surface area contributed by atoms with E-state index in [1.165, 1.54) is 5.56 Å². The van der Waals surface area contributed by atoms with E-state index in [0.29, 0.717) is 6.54 Å². The van der Waals surface area contributed by atoms with Gasteiger partial charge in [-0.15, -0.1) is 0 Å². The third-order valence-corrected chi connectivity index (χ3v) is 5.74. The van der Waals surface area contributed by atoms with Gasteiger partial charge in [0.05, 0.1) is 19.7 Å². The highest BCUT2D eigenvalue weighted by molar-refractivity contribution is 5.84. The van der Waals surface area contributed by atoms with E-state index >= 15 is 0 Å². The second-order valence-electron chi connectivity index (χ2n) is 8.83. The van der Waals surface area contributed by atoms with Crippen LogP contribution in [0.3, 0.4) is 0 Å². The molecule has 2 aromatic carbocycles. The van der Waals surface area contributed by atoms with Crippen LogP contribution in [0.5, 0.6) is 5.75 Å². The standard InChI is InChI=1S/C24H29N3O2/c1-24(2,3)19-10-8-17(9-11-19)16-26-12-13-27-22(23(26)28)15-21(25-27)18-6-5-7-20(14-18)29-4/h5-14,21-22,25H,15-16H2,1-4H3. The van der Waals surface area contributed by atoms with Gasteiger partial charge in [-0.3, -0.25) is 4.79 Å². The lowest BCUT2D eigenvalue weighted by molar-refractivity contribution is -0.134. The van der Waals surface area contributed by atoms with Gasteiger partial charge in [-0.25, -0.2) is 5.43 Å². The Morgan fingerprint density at radius 2 is 1.86 bits per heavy atom. The zero-order chi connectivity index (χ0) is 20.6. The minimum Gasteiger partial charge on any atom is -0.497 e. The van der Waals surface area contributed by atoms with Crippen molar-refractivity contribution < 1.29 is 9.53 Å². The fourth-order valence-electron chi connectivity index (χ4n) is 3.95. The van der Waals surface area contributed by atoms with Crippen molar-refractivity contribution in [3.8, 4) is 5.75 Å². The first kappa shape index (κ1) is 19.5. The van der Waals surface area contributed by atoms with E-state index in [1.54, 1.807) is 7.11 Å². The second kappa shape index (κ2) is 7.56. The third kappa shape index (κ3) is 4.01. The van der Waals surface area contributed by atoms with Crippen molar-refractivity contribution in [1.82, 2.24) is 15.3 Å². The van der Waals surface area contributed by atoms with Crippen molar-refractivity contribution in [2.75, 3.05) is 7.11 Å². The van der Waals surface area contributed by atoms with Gasteiger partial charge < -0.3 is 14.6 Å². The number of benzene rings is 2. The molecule has 4 rings (SSSR count). The van der Waals surface area contributed by atoms with Gasteiger partial charge in [-0.05, 0) is 40.7 Å². The van der Waals surface area contributed by atoms with Crippen LogP contribution in [0.15, 0.2) is 60.9 Å². The summed E-state index contributed by atoms with van der Waals surface area (Å²) in [4.78, 5) is 14.9. The first-order valence-corrected chi connectivity index (χ1v) is 10.1. The number of hydrazine groups is 1. The molecule has 1 amide bonds. The Morgan fingerprint density at radius 1 is 1.10 bits per heavy atom. The van der Waals surface area contributed by atoms with E-state index in [4.69, 9.17) is 4.74 Å². The van der Waals surface area contributed by atoms with Crippen molar-refractivity contribution in [1.29, 1.82) is 0 Å². The summed E-state index contributed by atoms with van der Waals surface area (Å²) in [5.74, 6) is 0.960. The van der Waals surface area contributed by atoms with Gasteiger partial charge in [-0.2, -0.15) is 0 Å². The van der Waals surface area contributed by atoms with Crippen LogP contribution in [-0.2, 0) is 16.8 Å². The highest BCUT2D eigenvalue weighted by Gasteiger charge is 2.40. The Labute approximate surface area is 172 Å². The van der Waals surface area contributed by atoms with Gasteiger partial charge in [0, 0.05) is 12.4 Å². The average molecular weight is 392 g/mol. The van der Waals surface area contributed by atoms with E-state index in [9.17, 15) is 4.79 Å². The second-order valence-corrected chi connectivity index (χ2v) is 8.83. The topological polar surface area (TPSA) is 44.8 Å². The largest absolute Gasteiger partial charge is 0.497 e. The molecular weight excluding hydrogens is 362 g/mol. The highest BCUT2D eigenvalue weighted by Crippen LogP contribution is 2.32. The molecular formula is C24H29N3O2. The maximum absolute atomic E-state index is 13.1. The van der Waals surface area contributed by atoms with Gasteiger partial charge >= 0.3 is 0 Å². The molecule has 5 nitrogen and oxygen atoms in total. The van der Waals surface area contributed by atoms with Crippen LogP contribution < -0.4 is 10.2 Å². The molecule has 2 aliphatic rings. The lowest BCUT2D eigenvalue weighted by atomic mass is 9.87. The summed E-state index contributed by atoms with van der Waals surface area (Å²) in [7, 11) is 1.67. The van der Waals surface area contributed by atoms with Crippen LogP contribution in [0.4, 0.5) is 0 Å². The molecule has 0 radical (unpaired) electrons. The smallest absolute Gasteiger partial charge is 0.251 e. The zero-order valence-electron chi connectivity index (χ0n) is 17.6. The van der Waals surface area contributed by atoms with Gasteiger partial charge in [0.1, 0.15) is 11.8 Å². The van der Waals surface area contributed by atoms with Gasteiger partial charge in [-0.1, -0.05) is 57.2 Å². The number of methoxy groups -OCH3 is 1. The van der Waals surface area contributed by atoms with Crippen LogP contribution in [0, 0.1) is 0 Å². The molecule has 0 spiro atoms. The summed E-state index contributed by atoms with van der Waals surface area (Å²) in [6, 6.07) is 16.5. The Bertz CT molecular complexity index is 914. The Morgan fingerprint density at radius 3 is 2.55 bits per heavy atom. The average Bonchev–Trinajstić information content (AvgIpc) is 3.15. The van der Waals surface area contributed by atoms with E-state index in [1.807, 2.05) is 40.5 Å². The number of nitrogens with one attached hydrogen (secondary N) is 1. The molecule has 0 bridgehead atoms. The van der Waals surface area contributed by atoms with E-state index in [2.05, 4.69) is 56.5 Å². The van der Waals surface area contributed by atoms with Crippen molar-refractivity contribution in [2.45, 2.75) is 51.2 Å². The minimum absolute atomic E-state index is 0.0923. The number of amides is 1. The van der Waals surface area contributed by atoms with Crippen LogP contribution in [0.25, 0.3) is 0 Å². The monoisotopic (exact) mass is 391 g/mol. The molecule has 0 saturated carbocycles. The van der Waals surface area contributed by atoms with Crippen LogP contribution in [0.1, 0.15) is 49.9 Å². The molecule has 29 heavy (non-hydrogen) atoms. The first-order valence-electron chi connectivity index (χ1n) is 10.1. The van der Waals surface area contributed by atoms with Crippen molar-refractivity contribution >= 4 is 5.91 Å². The molecule has 0 aromatic heterocycles. The summed E-state index contributed by atoms with van der Waals surface area (Å²) in [6.45, 7) is 7.21. The van der Waals surface area contributed by atoms with E-state index in [0.717, 1.165) is 23.3 Å². The lowest BCUT2D eigenvalue weighted by Crippen LogP contribution is -2.47. The van der Waals surface area contributed by atoms with Gasteiger partial charge in [0.2, 0.25) is 0 Å². The maximum Gasteiger partial charge on any atom is 0.251 e. The number of hydrogen-bond acceptors (Lipinski definition) is 4. The molecule has 1 saturated heterocycles. The maximum atomic E-state index is 13.1. The number of hydrogen-bond donors (Lipinski definition) is 1. The number of nitrogens with zero attached hydrogens (tertiary/aromatic N) is 2. The minimum atomic E-state index is -0.190. The normalized spacial score (nSPS) is 21.4. The molecule has 2 heterocycles. The molecule has 1 fully saturated rings. The van der Waals surface area contributed by atoms with Gasteiger partial charge in [0.15, 0.2) is 0 Å². The summed E-state index contributed by atoms with van der Waals surface area (Å²) in [5.41, 5.74) is 7.14. The molecule has 2 unspecified atom stereocenters. The number of ether oxygens (including phenoxy) is 1. The Hall–Kier alpha value is -2.79. The lowest BCUT2D eigenvalue weighted by Gasteiger charge is -2.32. The summed E-state index contributed by atoms with van der Waals surface area (Å²) in [5, 5.41) is 1.94. The molecule has 0 aliphatic carbocycles. The van der Waals surface area contributed by atoms with E-state index < -0.39 is 0 Å². The third-order valence-electron chi connectivity index (χ3n) is 5.74. The zero-order valence-corrected chi connectivity index (χ0v) is 17.6. The number of carbonyl (C=O) groups excluding carboxylic acids is 1. The molecule has 2 aliphatic heterocycles. The van der Waals surface area contributed by atoms with Crippen LogP contribution >= 0.6 is 0 Å². The van der Waals surface area contributed by atoms with Gasteiger partial charge in [0.25, 0.3) is 5.91 Å². The van der Waals surface area contributed by atoms with Crippen molar-refractivity contribution in [3.63, 3.8) is 0 Å². The van der Waals surface area contributed by atoms with Crippen molar-refractivity contribution in [3.05, 3.63) is 77.6 Å². The summed E-state index contributed by atoms with van der Waals surface area (Å²) >= 11 is 0. The predicted molar refractivity (Wildman–Crippen MR) is 114 cm³/mol. The van der Waals surface area contributed by atoms with Crippen LogP contribution in [-0.4, -0.2) is 29.0 Å². The summed E-state index contributed by atoms with van der Waals surface area (Å²) < 4.78 is 5.34. The molecule has 5 heteroatoms.